The van der Waals surface area contributed by atoms with E-state index in [9.17, 15) is 18.0 Å². The maximum absolute atomic E-state index is 13.1. The van der Waals surface area contributed by atoms with E-state index >= 15 is 0 Å². The van der Waals surface area contributed by atoms with Gasteiger partial charge in [0.05, 0.1) is 11.3 Å². The molecule has 0 radical (unpaired) electrons. The van der Waals surface area contributed by atoms with Gasteiger partial charge in [-0.15, -0.1) is 0 Å². The van der Waals surface area contributed by atoms with Crippen molar-refractivity contribution < 1.29 is 18.0 Å². The van der Waals surface area contributed by atoms with Crippen molar-refractivity contribution in [2.75, 3.05) is 13.1 Å². The lowest BCUT2D eigenvalue weighted by molar-refractivity contribution is -0.138. The molecule has 1 atom stereocenters. The number of hydrogen-bond donors (Lipinski definition) is 0. The van der Waals surface area contributed by atoms with Crippen LogP contribution in [0.25, 0.3) is 0 Å². The first-order chi connectivity index (χ1) is 12.8. The number of aryl methyl sites for hydroxylation is 3. The van der Waals surface area contributed by atoms with Crippen molar-refractivity contribution in [2.45, 2.75) is 38.8 Å². The molecule has 2 heterocycles. The van der Waals surface area contributed by atoms with Crippen LogP contribution in [0.1, 0.15) is 46.6 Å². The molecule has 3 rings (SSSR count). The number of aromatic nitrogens is 2. The van der Waals surface area contributed by atoms with Crippen molar-refractivity contribution in [1.29, 1.82) is 0 Å². The zero-order valence-corrected chi connectivity index (χ0v) is 15.6. The molecule has 0 unspecified atom stereocenters. The Balaban J connectivity index is 1.64. The minimum atomic E-state index is -4.33. The monoisotopic (exact) mass is 379 g/mol. The fourth-order valence-corrected chi connectivity index (χ4v) is 3.83. The highest BCUT2D eigenvalue weighted by atomic mass is 19.4. The topological polar surface area (TPSA) is 38.1 Å². The molecule has 2 aromatic rings. The molecule has 0 N–H and O–H groups in total. The highest BCUT2D eigenvalue weighted by Gasteiger charge is 2.33. The van der Waals surface area contributed by atoms with Crippen molar-refractivity contribution in [3.8, 4) is 0 Å². The van der Waals surface area contributed by atoms with E-state index in [1.165, 1.54) is 6.07 Å². The number of nitrogens with zero attached hydrogens (tertiary/aromatic N) is 3. The van der Waals surface area contributed by atoms with Gasteiger partial charge in [-0.1, -0.05) is 18.2 Å². The summed E-state index contributed by atoms with van der Waals surface area (Å²) in [6, 6.07) is 7.52. The summed E-state index contributed by atoms with van der Waals surface area (Å²) in [4.78, 5) is 14.6. The molecule has 27 heavy (non-hydrogen) atoms. The number of carbonyl (C=O) groups is 1. The van der Waals surface area contributed by atoms with Crippen LogP contribution in [-0.4, -0.2) is 33.7 Å². The summed E-state index contributed by atoms with van der Waals surface area (Å²) in [6.45, 7) is 3.10. The maximum atomic E-state index is 13.1. The van der Waals surface area contributed by atoms with Gasteiger partial charge in [-0.2, -0.15) is 18.3 Å². The fourth-order valence-electron chi connectivity index (χ4n) is 3.83. The van der Waals surface area contributed by atoms with Crippen LogP contribution in [0, 0.1) is 12.8 Å². The SMILES string of the molecule is Cc1cc(C(=O)N2CCC[C@@H](CCc3ccccc3C(F)(F)F)C2)n(C)n1. The number of alkyl halides is 3. The molecule has 1 aromatic heterocycles. The van der Waals surface area contributed by atoms with Crippen LogP contribution in [0.3, 0.4) is 0 Å². The number of likely N-dealkylation sites (tertiary alicyclic amines) is 1. The summed E-state index contributed by atoms with van der Waals surface area (Å²) >= 11 is 0. The van der Waals surface area contributed by atoms with Crippen LogP contribution in [0.4, 0.5) is 13.2 Å². The van der Waals surface area contributed by atoms with Gasteiger partial charge in [0, 0.05) is 20.1 Å². The van der Waals surface area contributed by atoms with E-state index in [0.717, 1.165) is 24.6 Å². The highest BCUT2D eigenvalue weighted by Crippen LogP contribution is 2.33. The molecule has 1 aromatic carbocycles. The molecule has 0 spiro atoms. The number of benzene rings is 1. The molecule has 0 bridgehead atoms. The van der Waals surface area contributed by atoms with Gasteiger partial charge in [0.2, 0.25) is 0 Å². The number of hydrogen-bond acceptors (Lipinski definition) is 2. The van der Waals surface area contributed by atoms with Crippen molar-refractivity contribution in [3.05, 3.63) is 52.8 Å². The minimum Gasteiger partial charge on any atom is -0.337 e. The molecule has 1 aliphatic rings. The van der Waals surface area contributed by atoms with Crippen molar-refractivity contribution in [3.63, 3.8) is 0 Å². The third-order valence-electron chi connectivity index (χ3n) is 5.17. The average molecular weight is 379 g/mol. The molecule has 0 saturated carbocycles. The summed E-state index contributed by atoms with van der Waals surface area (Å²) in [5, 5.41) is 4.22. The third kappa shape index (κ3) is 4.51. The fraction of sp³-hybridized carbons (Fsp3) is 0.500. The molecule has 1 amide bonds. The van der Waals surface area contributed by atoms with Gasteiger partial charge in [-0.25, -0.2) is 0 Å². The molecule has 1 fully saturated rings. The van der Waals surface area contributed by atoms with E-state index in [4.69, 9.17) is 0 Å². The Labute approximate surface area is 157 Å². The second kappa shape index (κ2) is 7.74. The van der Waals surface area contributed by atoms with E-state index in [-0.39, 0.29) is 11.8 Å². The van der Waals surface area contributed by atoms with Gasteiger partial charge in [0.15, 0.2) is 0 Å². The Bertz CT molecular complexity index is 813. The van der Waals surface area contributed by atoms with E-state index in [2.05, 4.69) is 5.10 Å². The number of amides is 1. The van der Waals surface area contributed by atoms with Gasteiger partial charge in [-0.05, 0) is 56.2 Å². The lowest BCUT2D eigenvalue weighted by atomic mass is 9.90. The first kappa shape index (κ1) is 19.5. The number of carbonyl (C=O) groups excluding carboxylic acids is 1. The number of halogens is 3. The first-order valence-electron chi connectivity index (χ1n) is 9.20. The summed E-state index contributed by atoms with van der Waals surface area (Å²) in [7, 11) is 1.75. The largest absolute Gasteiger partial charge is 0.416 e. The van der Waals surface area contributed by atoms with Crippen molar-refractivity contribution in [1.82, 2.24) is 14.7 Å². The van der Waals surface area contributed by atoms with E-state index in [1.807, 2.05) is 6.92 Å². The number of piperidine rings is 1. The second-order valence-corrected chi connectivity index (χ2v) is 7.25. The Morgan fingerprint density at radius 3 is 2.70 bits per heavy atom. The van der Waals surface area contributed by atoms with E-state index < -0.39 is 11.7 Å². The second-order valence-electron chi connectivity index (χ2n) is 7.25. The molecular formula is C20H24F3N3O. The minimum absolute atomic E-state index is 0.0570. The molecule has 146 valence electrons. The Morgan fingerprint density at radius 1 is 1.30 bits per heavy atom. The van der Waals surface area contributed by atoms with Crippen LogP contribution < -0.4 is 0 Å². The van der Waals surface area contributed by atoms with Crippen LogP contribution in [0.15, 0.2) is 30.3 Å². The summed E-state index contributed by atoms with van der Waals surface area (Å²) in [6.07, 6.45) is -1.52. The lowest BCUT2D eigenvalue weighted by Gasteiger charge is -2.33. The Hall–Kier alpha value is -2.31. The Morgan fingerprint density at radius 2 is 2.04 bits per heavy atom. The van der Waals surface area contributed by atoms with Crippen LogP contribution in [-0.2, 0) is 19.6 Å². The standard InChI is InChI=1S/C20H24F3N3O/c1-14-12-18(25(2)24-14)19(27)26-11-5-6-15(13-26)9-10-16-7-3-4-8-17(16)20(21,22)23/h3-4,7-8,12,15H,5-6,9-11,13H2,1-2H3/t15-/m0/s1. The summed E-state index contributed by atoms with van der Waals surface area (Å²) < 4.78 is 41.0. The molecule has 1 saturated heterocycles. The molecular weight excluding hydrogens is 355 g/mol. The maximum Gasteiger partial charge on any atom is 0.416 e. The van der Waals surface area contributed by atoms with Crippen LogP contribution >= 0.6 is 0 Å². The van der Waals surface area contributed by atoms with Crippen LogP contribution in [0.5, 0.6) is 0 Å². The Kier molecular flexibility index (Phi) is 5.58. The quantitative estimate of drug-likeness (QED) is 0.797. The smallest absolute Gasteiger partial charge is 0.337 e. The average Bonchev–Trinajstić information content (AvgIpc) is 2.97. The highest BCUT2D eigenvalue weighted by molar-refractivity contribution is 5.92. The van der Waals surface area contributed by atoms with Crippen molar-refractivity contribution >= 4 is 5.91 Å². The predicted molar refractivity (Wildman–Crippen MR) is 96.3 cm³/mol. The van der Waals surface area contributed by atoms with Gasteiger partial charge in [-0.3, -0.25) is 9.48 Å². The van der Waals surface area contributed by atoms with Gasteiger partial charge < -0.3 is 4.90 Å². The lowest BCUT2D eigenvalue weighted by Crippen LogP contribution is -2.40. The third-order valence-corrected chi connectivity index (χ3v) is 5.17. The predicted octanol–water partition coefficient (Wildman–Crippen LogP) is 4.23. The normalized spacial score (nSPS) is 18.0. The number of rotatable bonds is 4. The van der Waals surface area contributed by atoms with Gasteiger partial charge >= 0.3 is 6.18 Å². The van der Waals surface area contributed by atoms with E-state index in [1.54, 1.807) is 34.8 Å². The van der Waals surface area contributed by atoms with Gasteiger partial charge in [0.25, 0.3) is 5.91 Å². The molecule has 4 nitrogen and oxygen atoms in total. The first-order valence-corrected chi connectivity index (χ1v) is 9.20. The van der Waals surface area contributed by atoms with E-state index in [0.29, 0.717) is 37.2 Å². The van der Waals surface area contributed by atoms with Crippen molar-refractivity contribution in [2.24, 2.45) is 13.0 Å². The molecule has 7 heteroatoms. The zero-order chi connectivity index (χ0) is 19.6. The summed E-state index contributed by atoms with van der Waals surface area (Å²) in [5.41, 5.74) is 1.11. The zero-order valence-electron chi connectivity index (χ0n) is 15.6. The molecule has 0 aliphatic carbocycles. The van der Waals surface area contributed by atoms with Crippen LogP contribution in [0.2, 0.25) is 0 Å². The summed E-state index contributed by atoms with van der Waals surface area (Å²) in [5.74, 6) is 0.150. The molecule has 1 aliphatic heterocycles. The van der Waals surface area contributed by atoms with Gasteiger partial charge in [0.1, 0.15) is 5.69 Å².